The van der Waals surface area contributed by atoms with Gasteiger partial charge in [-0.1, -0.05) is 109 Å². The van der Waals surface area contributed by atoms with Crippen molar-refractivity contribution in [2.75, 3.05) is 0 Å². The van der Waals surface area contributed by atoms with Gasteiger partial charge in [0, 0.05) is 32.8 Å². The number of para-hydroxylation sites is 3. The van der Waals surface area contributed by atoms with E-state index in [2.05, 4.69) is 132 Å². The second kappa shape index (κ2) is 8.22. The highest BCUT2D eigenvalue weighted by Gasteiger charge is 2.19. The highest BCUT2D eigenvalue weighted by molar-refractivity contribution is 6.19. The normalized spacial score (nSPS) is 11.7. The van der Waals surface area contributed by atoms with E-state index in [1.54, 1.807) is 0 Å². The minimum atomic E-state index is 0.919. The van der Waals surface area contributed by atoms with E-state index in [0.717, 1.165) is 33.2 Å². The molecule has 178 valence electrons. The molecule has 0 aliphatic carbocycles. The van der Waals surface area contributed by atoms with Gasteiger partial charge in [0.25, 0.3) is 0 Å². The molecule has 0 unspecified atom stereocenters. The number of benzene rings is 6. The van der Waals surface area contributed by atoms with Gasteiger partial charge in [-0.25, -0.2) is 0 Å². The van der Waals surface area contributed by atoms with Crippen molar-refractivity contribution in [2.24, 2.45) is 0 Å². The first-order valence-electron chi connectivity index (χ1n) is 13.0. The predicted molar refractivity (Wildman–Crippen MR) is 159 cm³/mol. The van der Waals surface area contributed by atoms with E-state index >= 15 is 0 Å². The summed E-state index contributed by atoms with van der Waals surface area (Å²) in [5.41, 5.74) is 10.1. The summed E-state index contributed by atoms with van der Waals surface area (Å²) >= 11 is 0. The third-order valence-electron chi connectivity index (χ3n) is 7.62. The van der Waals surface area contributed by atoms with E-state index in [-0.39, 0.29) is 0 Å². The lowest BCUT2D eigenvalue weighted by Crippen LogP contribution is -1.93. The maximum atomic E-state index is 6.44. The van der Waals surface area contributed by atoms with Crippen LogP contribution in [0, 0.1) is 0 Å². The molecule has 0 amide bonds. The summed E-state index contributed by atoms with van der Waals surface area (Å²) in [6.45, 7) is 0. The minimum absolute atomic E-state index is 0.919. The molecule has 0 fully saturated rings. The van der Waals surface area contributed by atoms with E-state index in [0.29, 0.717) is 0 Å². The molecular weight excluding hydrogens is 462 g/mol. The Bertz CT molecular complexity index is 2110. The van der Waals surface area contributed by atoms with E-state index in [1.807, 2.05) is 12.1 Å². The first kappa shape index (κ1) is 21.0. The Morgan fingerprint density at radius 1 is 0.421 bits per heavy atom. The summed E-state index contributed by atoms with van der Waals surface area (Å²) in [7, 11) is 0. The van der Waals surface area contributed by atoms with Crippen molar-refractivity contribution in [1.29, 1.82) is 0 Å². The van der Waals surface area contributed by atoms with Gasteiger partial charge in [-0.15, -0.1) is 0 Å². The van der Waals surface area contributed by atoms with E-state index in [4.69, 9.17) is 4.42 Å². The Morgan fingerprint density at radius 2 is 1.05 bits per heavy atom. The largest absolute Gasteiger partial charge is 0.455 e. The Kier molecular flexibility index (Phi) is 4.55. The van der Waals surface area contributed by atoms with Gasteiger partial charge in [0.15, 0.2) is 0 Å². The summed E-state index contributed by atoms with van der Waals surface area (Å²) in [6, 6.07) is 49.5. The molecule has 8 rings (SSSR count). The lowest BCUT2D eigenvalue weighted by atomic mass is 9.97. The lowest BCUT2D eigenvalue weighted by molar-refractivity contribution is 0.670. The Morgan fingerprint density at radius 3 is 1.92 bits per heavy atom. The zero-order valence-electron chi connectivity index (χ0n) is 20.6. The van der Waals surface area contributed by atoms with E-state index < -0.39 is 0 Å². The highest BCUT2D eigenvalue weighted by atomic mass is 16.3. The molecule has 8 aromatic rings. The molecule has 2 heterocycles. The fraction of sp³-hybridized carbons (Fsp3) is 0. The van der Waals surface area contributed by atoms with Crippen LogP contribution in [0.25, 0.3) is 71.7 Å². The van der Waals surface area contributed by atoms with Crippen LogP contribution in [-0.4, -0.2) is 4.57 Å². The molecule has 0 N–H and O–H groups in total. The third-order valence-corrected chi connectivity index (χ3v) is 7.62. The first-order valence-corrected chi connectivity index (χ1v) is 13.0. The topological polar surface area (TPSA) is 18.1 Å². The first-order chi connectivity index (χ1) is 18.9. The molecule has 6 aromatic carbocycles. The van der Waals surface area contributed by atoms with Gasteiger partial charge in [0.1, 0.15) is 11.2 Å². The maximum Gasteiger partial charge on any atom is 0.143 e. The van der Waals surface area contributed by atoms with Crippen LogP contribution in [0.3, 0.4) is 0 Å². The zero-order valence-corrected chi connectivity index (χ0v) is 20.6. The van der Waals surface area contributed by atoms with Crippen LogP contribution >= 0.6 is 0 Å². The number of furan rings is 1. The molecule has 0 saturated heterocycles. The predicted octanol–water partition coefficient (Wildman–Crippen LogP) is 10.0. The molecule has 2 aromatic heterocycles. The third kappa shape index (κ3) is 3.07. The van der Waals surface area contributed by atoms with Crippen LogP contribution in [-0.2, 0) is 0 Å². The number of aromatic nitrogens is 1. The average Bonchev–Trinajstić information content (AvgIpc) is 3.54. The Labute approximate surface area is 220 Å². The minimum Gasteiger partial charge on any atom is -0.455 e. The van der Waals surface area contributed by atoms with Gasteiger partial charge in [0.2, 0.25) is 0 Å². The van der Waals surface area contributed by atoms with E-state index in [9.17, 15) is 0 Å². The fourth-order valence-corrected chi connectivity index (χ4v) is 5.91. The van der Waals surface area contributed by atoms with Gasteiger partial charge in [-0.2, -0.15) is 0 Å². The molecule has 38 heavy (non-hydrogen) atoms. The average molecular weight is 486 g/mol. The van der Waals surface area contributed by atoms with Crippen LogP contribution in [0.5, 0.6) is 0 Å². The monoisotopic (exact) mass is 485 g/mol. The van der Waals surface area contributed by atoms with Crippen LogP contribution in [0.1, 0.15) is 0 Å². The zero-order chi connectivity index (χ0) is 25.1. The smallest absolute Gasteiger partial charge is 0.143 e. The Balaban J connectivity index is 1.39. The molecule has 0 spiro atoms. The second-order valence-electron chi connectivity index (χ2n) is 9.75. The van der Waals surface area contributed by atoms with Crippen molar-refractivity contribution in [2.45, 2.75) is 0 Å². The fourth-order valence-electron chi connectivity index (χ4n) is 5.91. The van der Waals surface area contributed by atoms with Crippen LogP contribution in [0.15, 0.2) is 144 Å². The number of hydrogen-bond acceptors (Lipinski definition) is 1. The van der Waals surface area contributed by atoms with Crippen molar-refractivity contribution < 1.29 is 4.42 Å². The quantitative estimate of drug-likeness (QED) is 0.243. The molecule has 0 aliphatic rings. The molecule has 2 heteroatoms. The molecule has 0 aliphatic heterocycles. The SMILES string of the molecule is c1ccc(-c2ccc(-n3c4ccccc4c4c(-c5cccc6c5oc5ccccc56)cccc43)cc2)cc1. The maximum absolute atomic E-state index is 6.44. The van der Waals surface area contributed by atoms with Crippen LogP contribution in [0.2, 0.25) is 0 Å². The van der Waals surface area contributed by atoms with Crippen molar-refractivity contribution in [3.8, 4) is 27.9 Å². The summed E-state index contributed by atoms with van der Waals surface area (Å²) in [5.74, 6) is 0. The summed E-state index contributed by atoms with van der Waals surface area (Å²) in [5, 5.41) is 4.77. The van der Waals surface area contributed by atoms with Crippen LogP contribution < -0.4 is 0 Å². The number of rotatable bonds is 3. The van der Waals surface area contributed by atoms with Crippen molar-refractivity contribution in [3.05, 3.63) is 140 Å². The highest BCUT2D eigenvalue weighted by Crippen LogP contribution is 2.42. The Hall–Kier alpha value is -5.08. The van der Waals surface area contributed by atoms with E-state index in [1.165, 1.54) is 38.5 Å². The lowest BCUT2D eigenvalue weighted by Gasteiger charge is -2.10. The van der Waals surface area contributed by atoms with Gasteiger partial charge in [0.05, 0.1) is 11.0 Å². The van der Waals surface area contributed by atoms with Gasteiger partial charge in [-0.3, -0.25) is 0 Å². The van der Waals surface area contributed by atoms with Crippen molar-refractivity contribution in [1.82, 2.24) is 4.57 Å². The summed E-state index contributed by atoms with van der Waals surface area (Å²) in [6.07, 6.45) is 0. The molecule has 0 saturated carbocycles. The molecule has 2 nitrogen and oxygen atoms in total. The number of hydrogen-bond donors (Lipinski definition) is 0. The number of fused-ring (bicyclic) bond motifs is 6. The van der Waals surface area contributed by atoms with Crippen LogP contribution in [0.4, 0.5) is 0 Å². The molecule has 0 bridgehead atoms. The van der Waals surface area contributed by atoms with Gasteiger partial charge in [-0.05, 0) is 47.0 Å². The standard InChI is InChI=1S/C36H23NO/c1-2-10-24(11-3-1)25-20-22-26(23-21-25)37-32-17-6-4-13-31(32)35-28(14-9-18-33(35)37)30-16-8-15-29-27-12-5-7-19-34(27)38-36(29)30/h1-23H. The van der Waals surface area contributed by atoms with Gasteiger partial charge >= 0.3 is 0 Å². The summed E-state index contributed by atoms with van der Waals surface area (Å²) < 4.78 is 8.82. The summed E-state index contributed by atoms with van der Waals surface area (Å²) in [4.78, 5) is 0. The molecule has 0 radical (unpaired) electrons. The number of nitrogens with zero attached hydrogens (tertiary/aromatic N) is 1. The second-order valence-corrected chi connectivity index (χ2v) is 9.75. The van der Waals surface area contributed by atoms with Gasteiger partial charge < -0.3 is 8.98 Å². The molecule has 0 atom stereocenters. The van der Waals surface area contributed by atoms with Crippen molar-refractivity contribution in [3.63, 3.8) is 0 Å². The van der Waals surface area contributed by atoms with Crippen molar-refractivity contribution >= 4 is 43.7 Å². The molecular formula is C36H23NO.